The quantitative estimate of drug-likeness (QED) is 0.305. The van der Waals surface area contributed by atoms with Gasteiger partial charge in [0.2, 0.25) is 0 Å². The lowest BCUT2D eigenvalue weighted by atomic mass is 10.0. The van der Waals surface area contributed by atoms with Crippen molar-refractivity contribution in [3.63, 3.8) is 0 Å². The lowest BCUT2D eigenvalue weighted by molar-refractivity contribution is 0.465. The van der Waals surface area contributed by atoms with E-state index in [2.05, 4.69) is 13.8 Å². The first-order valence-corrected chi connectivity index (χ1v) is 12.2. The van der Waals surface area contributed by atoms with Crippen LogP contribution in [-0.4, -0.2) is 10.2 Å². The van der Waals surface area contributed by atoms with Crippen molar-refractivity contribution in [3.8, 4) is 11.5 Å². The van der Waals surface area contributed by atoms with E-state index in [1.54, 1.807) is 12.1 Å². The number of aryl methyl sites for hydroxylation is 2. The van der Waals surface area contributed by atoms with Crippen LogP contribution in [0.25, 0.3) is 0 Å². The van der Waals surface area contributed by atoms with Gasteiger partial charge in [0.25, 0.3) is 0 Å². The molecule has 2 aromatic rings. The van der Waals surface area contributed by atoms with Gasteiger partial charge in [-0.3, -0.25) is 0 Å². The van der Waals surface area contributed by atoms with Gasteiger partial charge in [0.1, 0.15) is 11.5 Å². The Labute approximate surface area is 185 Å². The zero-order valence-electron chi connectivity index (χ0n) is 19.4. The maximum Gasteiger partial charge on any atom is 0.118 e. The Bertz CT molecular complexity index is 651. The van der Waals surface area contributed by atoms with Gasteiger partial charge < -0.3 is 10.2 Å². The van der Waals surface area contributed by atoms with Crippen molar-refractivity contribution in [1.82, 2.24) is 0 Å². The molecular formula is C28H44O2. The molecule has 0 spiro atoms. The minimum atomic E-state index is 0.431. The van der Waals surface area contributed by atoms with E-state index in [1.807, 2.05) is 36.4 Å². The minimum Gasteiger partial charge on any atom is -0.508 e. The molecule has 0 bridgehead atoms. The Kier molecular flexibility index (Phi) is 15.5. The molecule has 2 heteroatoms. The first kappa shape index (κ1) is 26.1. The number of para-hydroxylation sites is 2. The van der Waals surface area contributed by atoms with Gasteiger partial charge in [-0.15, -0.1) is 0 Å². The molecule has 2 rings (SSSR count). The number of benzene rings is 2. The Morgan fingerprint density at radius 1 is 0.467 bits per heavy atom. The van der Waals surface area contributed by atoms with Gasteiger partial charge >= 0.3 is 0 Å². The monoisotopic (exact) mass is 412 g/mol. The minimum absolute atomic E-state index is 0.431. The smallest absolute Gasteiger partial charge is 0.118 e. The zero-order chi connectivity index (χ0) is 21.9. The van der Waals surface area contributed by atoms with E-state index in [1.165, 1.54) is 70.6 Å². The number of rotatable bonds is 14. The fraction of sp³-hybridized carbons (Fsp3) is 0.571. The topological polar surface area (TPSA) is 40.5 Å². The summed E-state index contributed by atoms with van der Waals surface area (Å²) in [4.78, 5) is 0. The van der Waals surface area contributed by atoms with Crippen molar-refractivity contribution in [2.75, 3.05) is 0 Å². The van der Waals surface area contributed by atoms with Crippen molar-refractivity contribution >= 4 is 0 Å². The predicted molar refractivity (Wildman–Crippen MR) is 130 cm³/mol. The summed E-state index contributed by atoms with van der Waals surface area (Å²) in [6.07, 6.45) is 18.0. The molecule has 0 radical (unpaired) electrons. The van der Waals surface area contributed by atoms with Crippen LogP contribution >= 0.6 is 0 Å². The van der Waals surface area contributed by atoms with Gasteiger partial charge in [0.15, 0.2) is 0 Å². The third-order valence-corrected chi connectivity index (χ3v) is 5.58. The molecule has 0 aliphatic carbocycles. The van der Waals surface area contributed by atoms with E-state index in [0.29, 0.717) is 11.5 Å². The van der Waals surface area contributed by atoms with Crippen LogP contribution in [0.15, 0.2) is 48.5 Å². The molecule has 0 saturated carbocycles. The molecule has 2 N–H and O–H groups in total. The SMILES string of the molecule is CCCCCCCCCCCCc1ccccc1O.CCCCc1ccccc1O. The zero-order valence-corrected chi connectivity index (χ0v) is 19.4. The Morgan fingerprint density at radius 3 is 1.27 bits per heavy atom. The third-order valence-electron chi connectivity index (χ3n) is 5.58. The van der Waals surface area contributed by atoms with Crippen molar-refractivity contribution < 1.29 is 10.2 Å². The fourth-order valence-corrected chi connectivity index (χ4v) is 3.61. The normalized spacial score (nSPS) is 10.5. The maximum atomic E-state index is 9.65. The Hall–Kier alpha value is -1.96. The number of aromatic hydroxyl groups is 2. The second-order valence-corrected chi connectivity index (χ2v) is 8.29. The van der Waals surface area contributed by atoms with Crippen LogP contribution in [0.4, 0.5) is 0 Å². The highest BCUT2D eigenvalue weighted by atomic mass is 16.3. The summed E-state index contributed by atoms with van der Waals surface area (Å²) in [5.41, 5.74) is 2.16. The largest absolute Gasteiger partial charge is 0.508 e. The summed E-state index contributed by atoms with van der Waals surface area (Å²) in [6.45, 7) is 4.42. The van der Waals surface area contributed by atoms with Gasteiger partial charge in [-0.2, -0.15) is 0 Å². The van der Waals surface area contributed by atoms with E-state index in [9.17, 15) is 10.2 Å². The van der Waals surface area contributed by atoms with Gasteiger partial charge in [-0.05, 0) is 48.9 Å². The second kappa shape index (κ2) is 17.9. The van der Waals surface area contributed by atoms with Crippen LogP contribution in [0.1, 0.15) is 102 Å². The molecule has 2 aromatic carbocycles. The molecule has 0 unspecified atom stereocenters. The molecule has 0 saturated heterocycles. The van der Waals surface area contributed by atoms with Crippen molar-refractivity contribution in [2.24, 2.45) is 0 Å². The number of unbranched alkanes of at least 4 members (excludes halogenated alkanes) is 10. The summed E-state index contributed by atoms with van der Waals surface area (Å²) >= 11 is 0. The number of hydrogen-bond acceptors (Lipinski definition) is 2. The van der Waals surface area contributed by atoms with E-state index in [4.69, 9.17) is 0 Å². The molecule has 0 aliphatic heterocycles. The highest BCUT2D eigenvalue weighted by molar-refractivity contribution is 5.32. The van der Waals surface area contributed by atoms with Gasteiger partial charge in [-0.1, -0.05) is 114 Å². The van der Waals surface area contributed by atoms with Crippen LogP contribution in [0.5, 0.6) is 11.5 Å². The van der Waals surface area contributed by atoms with Crippen molar-refractivity contribution in [1.29, 1.82) is 0 Å². The third kappa shape index (κ3) is 12.6. The maximum absolute atomic E-state index is 9.65. The van der Waals surface area contributed by atoms with E-state index in [0.717, 1.165) is 30.4 Å². The van der Waals surface area contributed by atoms with Crippen LogP contribution in [0.2, 0.25) is 0 Å². The first-order chi connectivity index (χ1) is 14.7. The lowest BCUT2D eigenvalue weighted by Gasteiger charge is -2.04. The highest BCUT2D eigenvalue weighted by Crippen LogP contribution is 2.19. The highest BCUT2D eigenvalue weighted by Gasteiger charge is 1.99. The second-order valence-electron chi connectivity index (χ2n) is 8.29. The molecule has 0 atom stereocenters. The molecule has 0 fully saturated rings. The lowest BCUT2D eigenvalue weighted by Crippen LogP contribution is -1.87. The van der Waals surface area contributed by atoms with Gasteiger partial charge in [0.05, 0.1) is 0 Å². The first-order valence-electron chi connectivity index (χ1n) is 12.2. The predicted octanol–water partition coefficient (Wildman–Crippen LogP) is 8.59. The summed E-state index contributed by atoms with van der Waals surface area (Å²) in [5.74, 6) is 0.888. The standard InChI is InChI=1S/C18H30O.C10H14O/c1-2-3-4-5-6-7-8-9-10-11-14-17-15-12-13-16-18(17)19;1-2-3-6-9-7-4-5-8-10(9)11/h12-13,15-16,19H,2-11,14H2,1H3;4-5,7-8,11H,2-3,6H2,1H3. The van der Waals surface area contributed by atoms with Crippen LogP contribution < -0.4 is 0 Å². The van der Waals surface area contributed by atoms with E-state index >= 15 is 0 Å². The molecule has 0 aliphatic rings. The van der Waals surface area contributed by atoms with Crippen molar-refractivity contribution in [3.05, 3.63) is 59.7 Å². The Balaban J connectivity index is 0.000000346. The number of phenols is 2. The Morgan fingerprint density at radius 2 is 0.833 bits per heavy atom. The molecule has 30 heavy (non-hydrogen) atoms. The van der Waals surface area contributed by atoms with Gasteiger partial charge in [0, 0.05) is 0 Å². The average Bonchev–Trinajstić information content (AvgIpc) is 2.76. The molecule has 0 aromatic heterocycles. The summed E-state index contributed by atoms with van der Waals surface area (Å²) in [6, 6.07) is 15.2. The van der Waals surface area contributed by atoms with Crippen LogP contribution in [0.3, 0.4) is 0 Å². The summed E-state index contributed by atoms with van der Waals surface area (Å²) in [5, 5.41) is 19.0. The fourth-order valence-electron chi connectivity index (χ4n) is 3.61. The van der Waals surface area contributed by atoms with Crippen LogP contribution in [0, 0.1) is 0 Å². The molecule has 0 amide bonds. The van der Waals surface area contributed by atoms with E-state index < -0.39 is 0 Å². The molecule has 168 valence electrons. The summed E-state index contributed by atoms with van der Waals surface area (Å²) in [7, 11) is 0. The number of hydrogen-bond donors (Lipinski definition) is 2. The molecular weight excluding hydrogens is 368 g/mol. The molecule has 0 heterocycles. The average molecular weight is 413 g/mol. The van der Waals surface area contributed by atoms with Crippen LogP contribution in [-0.2, 0) is 12.8 Å². The van der Waals surface area contributed by atoms with Gasteiger partial charge in [-0.25, -0.2) is 0 Å². The number of phenolic OH excluding ortho intramolecular Hbond substituents is 2. The molecule has 2 nitrogen and oxygen atoms in total. The van der Waals surface area contributed by atoms with E-state index in [-0.39, 0.29) is 0 Å². The summed E-state index contributed by atoms with van der Waals surface area (Å²) < 4.78 is 0. The van der Waals surface area contributed by atoms with Crippen molar-refractivity contribution in [2.45, 2.75) is 104 Å².